The monoisotopic (exact) mass is 179 g/mol. The Morgan fingerprint density at radius 2 is 1.64 bits per heavy atom. The number of hydrogen-bond donors (Lipinski definition) is 1. The highest BCUT2D eigenvalue weighted by Gasteiger charge is 2.11. The molecular formula is C7H17NO2S. The van der Waals surface area contributed by atoms with E-state index in [0.717, 1.165) is 12.8 Å². The Bertz CT molecular complexity index is 183. The van der Waals surface area contributed by atoms with Crippen LogP contribution in [0.15, 0.2) is 0 Å². The first-order valence-electron chi connectivity index (χ1n) is 4.05. The van der Waals surface area contributed by atoms with Gasteiger partial charge in [-0.15, -0.1) is 0 Å². The van der Waals surface area contributed by atoms with Crippen LogP contribution in [-0.4, -0.2) is 20.2 Å². The van der Waals surface area contributed by atoms with Crippen LogP contribution in [0.3, 0.4) is 0 Å². The molecule has 0 radical (unpaired) electrons. The van der Waals surface area contributed by atoms with Gasteiger partial charge in [0.1, 0.15) is 0 Å². The Morgan fingerprint density at radius 1 is 1.18 bits per heavy atom. The van der Waals surface area contributed by atoms with E-state index in [0.29, 0.717) is 0 Å². The van der Waals surface area contributed by atoms with Crippen LogP contribution in [0.4, 0.5) is 0 Å². The van der Waals surface area contributed by atoms with Gasteiger partial charge < -0.3 is 0 Å². The van der Waals surface area contributed by atoms with Crippen molar-refractivity contribution in [3.63, 3.8) is 0 Å². The largest absolute Gasteiger partial charge is 0.212 e. The van der Waals surface area contributed by atoms with Gasteiger partial charge >= 0.3 is 0 Å². The van der Waals surface area contributed by atoms with Crippen molar-refractivity contribution in [1.29, 1.82) is 0 Å². The van der Waals surface area contributed by atoms with Crippen molar-refractivity contribution < 1.29 is 8.42 Å². The van der Waals surface area contributed by atoms with Gasteiger partial charge in [0.25, 0.3) is 0 Å². The fourth-order valence-electron chi connectivity index (χ4n) is 0.793. The summed E-state index contributed by atoms with van der Waals surface area (Å²) in [6, 6.07) is 0.111. The molecule has 0 aliphatic rings. The quantitative estimate of drug-likeness (QED) is 0.687. The maximum atomic E-state index is 11.0. The number of rotatable bonds is 5. The Balaban J connectivity index is 4.01. The zero-order valence-electron chi connectivity index (χ0n) is 7.42. The predicted molar refractivity (Wildman–Crippen MR) is 47.0 cm³/mol. The average molecular weight is 179 g/mol. The van der Waals surface area contributed by atoms with Crippen LogP contribution in [0.2, 0.25) is 0 Å². The van der Waals surface area contributed by atoms with E-state index in [1.165, 1.54) is 0 Å². The fourth-order valence-corrected chi connectivity index (χ4v) is 1.80. The summed E-state index contributed by atoms with van der Waals surface area (Å²) in [5.74, 6) is 0.170. The van der Waals surface area contributed by atoms with Gasteiger partial charge in [0, 0.05) is 6.04 Å². The molecule has 0 rings (SSSR count). The normalized spacial score (nSPS) is 12.4. The topological polar surface area (TPSA) is 46.2 Å². The Labute approximate surface area is 69.2 Å². The summed E-state index contributed by atoms with van der Waals surface area (Å²) in [7, 11) is -2.99. The SMILES string of the molecule is CCC(CC)NS(=O)(=O)CC. The second kappa shape index (κ2) is 4.72. The van der Waals surface area contributed by atoms with Crippen LogP contribution in [0.5, 0.6) is 0 Å². The molecule has 0 unspecified atom stereocenters. The van der Waals surface area contributed by atoms with Gasteiger partial charge in [0.05, 0.1) is 5.75 Å². The van der Waals surface area contributed by atoms with E-state index in [2.05, 4.69) is 4.72 Å². The molecule has 0 heterocycles. The van der Waals surface area contributed by atoms with Crippen molar-refractivity contribution in [1.82, 2.24) is 4.72 Å². The third kappa shape index (κ3) is 4.37. The number of nitrogens with one attached hydrogen (secondary N) is 1. The van der Waals surface area contributed by atoms with Crippen LogP contribution < -0.4 is 4.72 Å². The van der Waals surface area contributed by atoms with Crippen molar-refractivity contribution >= 4 is 10.0 Å². The summed E-state index contributed by atoms with van der Waals surface area (Å²) in [6.45, 7) is 5.60. The van der Waals surface area contributed by atoms with Crippen molar-refractivity contribution in [3.8, 4) is 0 Å². The van der Waals surface area contributed by atoms with Crippen LogP contribution >= 0.6 is 0 Å². The summed E-state index contributed by atoms with van der Waals surface area (Å²) in [5, 5.41) is 0. The maximum Gasteiger partial charge on any atom is 0.211 e. The highest BCUT2D eigenvalue weighted by Crippen LogP contribution is 1.98. The van der Waals surface area contributed by atoms with E-state index in [1.807, 2.05) is 13.8 Å². The van der Waals surface area contributed by atoms with Crippen LogP contribution in [-0.2, 0) is 10.0 Å². The summed E-state index contributed by atoms with van der Waals surface area (Å²) in [6.07, 6.45) is 1.71. The molecule has 0 saturated carbocycles. The lowest BCUT2D eigenvalue weighted by molar-refractivity contribution is 0.531. The van der Waals surface area contributed by atoms with Gasteiger partial charge in [-0.25, -0.2) is 13.1 Å². The van der Waals surface area contributed by atoms with E-state index in [-0.39, 0.29) is 11.8 Å². The molecule has 0 aromatic carbocycles. The summed E-state index contributed by atoms with van der Waals surface area (Å²) < 4.78 is 24.6. The highest BCUT2D eigenvalue weighted by molar-refractivity contribution is 7.89. The first kappa shape index (κ1) is 10.9. The maximum absolute atomic E-state index is 11.0. The third-order valence-corrected chi connectivity index (χ3v) is 3.16. The van der Waals surface area contributed by atoms with E-state index in [4.69, 9.17) is 0 Å². The number of hydrogen-bond acceptors (Lipinski definition) is 2. The molecule has 4 heteroatoms. The summed E-state index contributed by atoms with van der Waals surface area (Å²) in [4.78, 5) is 0. The first-order valence-corrected chi connectivity index (χ1v) is 5.70. The lowest BCUT2D eigenvalue weighted by atomic mass is 10.2. The van der Waals surface area contributed by atoms with E-state index >= 15 is 0 Å². The van der Waals surface area contributed by atoms with Gasteiger partial charge in [-0.2, -0.15) is 0 Å². The van der Waals surface area contributed by atoms with Gasteiger partial charge in [0.15, 0.2) is 0 Å². The molecule has 68 valence electrons. The second-order valence-electron chi connectivity index (χ2n) is 2.53. The van der Waals surface area contributed by atoms with Crippen molar-refractivity contribution in [2.75, 3.05) is 5.75 Å². The number of sulfonamides is 1. The van der Waals surface area contributed by atoms with Crippen molar-refractivity contribution in [2.24, 2.45) is 0 Å². The fraction of sp³-hybridized carbons (Fsp3) is 1.00. The molecular weight excluding hydrogens is 162 g/mol. The predicted octanol–water partition coefficient (Wildman–Crippen LogP) is 1.11. The smallest absolute Gasteiger partial charge is 0.211 e. The van der Waals surface area contributed by atoms with Crippen molar-refractivity contribution in [3.05, 3.63) is 0 Å². The molecule has 0 bridgehead atoms. The average Bonchev–Trinajstić information content (AvgIpc) is 2.00. The van der Waals surface area contributed by atoms with Crippen molar-refractivity contribution in [2.45, 2.75) is 39.7 Å². The Kier molecular flexibility index (Phi) is 4.68. The standard InChI is InChI=1S/C7H17NO2S/c1-4-7(5-2)8-11(9,10)6-3/h7-8H,4-6H2,1-3H3. The highest BCUT2D eigenvalue weighted by atomic mass is 32.2. The molecule has 1 N–H and O–H groups in total. The van der Waals surface area contributed by atoms with Gasteiger partial charge in [-0.3, -0.25) is 0 Å². The molecule has 0 spiro atoms. The van der Waals surface area contributed by atoms with Crippen LogP contribution in [0, 0.1) is 0 Å². The molecule has 0 aromatic heterocycles. The molecule has 0 fully saturated rings. The Morgan fingerprint density at radius 3 is 1.91 bits per heavy atom. The lowest BCUT2D eigenvalue weighted by Crippen LogP contribution is -2.34. The summed E-state index contributed by atoms with van der Waals surface area (Å²) in [5.41, 5.74) is 0. The molecule has 0 atom stereocenters. The molecule has 0 aliphatic heterocycles. The third-order valence-electron chi connectivity index (χ3n) is 1.71. The Hall–Kier alpha value is -0.0900. The minimum absolute atomic E-state index is 0.111. The van der Waals surface area contributed by atoms with Crippen LogP contribution in [0.25, 0.3) is 0 Å². The second-order valence-corrected chi connectivity index (χ2v) is 4.58. The minimum Gasteiger partial charge on any atom is -0.212 e. The van der Waals surface area contributed by atoms with Gasteiger partial charge in [-0.1, -0.05) is 13.8 Å². The van der Waals surface area contributed by atoms with E-state index in [9.17, 15) is 8.42 Å². The molecule has 0 aliphatic carbocycles. The zero-order chi connectivity index (χ0) is 8.91. The molecule has 0 amide bonds. The first-order chi connectivity index (χ1) is 5.05. The molecule has 0 saturated heterocycles. The molecule has 0 aromatic rings. The zero-order valence-corrected chi connectivity index (χ0v) is 8.24. The molecule has 11 heavy (non-hydrogen) atoms. The van der Waals surface area contributed by atoms with E-state index in [1.54, 1.807) is 6.92 Å². The minimum atomic E-state index is -2.99. The molecule has 3 nitrogen and oxygen atoms in total. The van der Waals surface area contributed by atoms with E-state index < -0.39 is 10.0 Å². The van der Waals surface area contributed by atoms with Gasteiger partial charge in [-0.05, 0) is 19.8 Å². The summed E-state index contributed by atoms with van der Waals surface area (Å²) >= 11 is 0. The lowest BCUT2D eigenvalue weighted by Gasteiger charge is -2.13. The van der Waals surface area contributed by atoms with Gasteiger partial charge in [0.2, 0.25) is 10.0 Å². The van der Waals surface area contributed by atoms with Crippen LogP contribution in [0.1, 0.15) is 33.6 Å².